The predicted octanol–water partition coefficient (Wildman–Crippen LogP) is 3.07. The van der Waals surface area contributed by atoms with Crippen molar-refractivity contribution in [3.05, 3.63) is 36.7 Å². The van der Waals surface area contributed by atoms with Gasteiger partial charge in [-0.25, -0.2) is 9.97 Å². The quantitative estimate of drug-likeness (QED) is 0.628. The molecule has 4 rings (SSSR count). The zero-order valence-electron chi connectivity index (χ0n) is 17.8. The fraction of sp³-hybridized carbons (Fsp3) is 0.409. The highest BCUT2D eigenvalue weighted by Gasteiger charge is 2.30. The van der Waals surface area contributed by atoms with Gasteiger partial charge in [0.2, 0.25) is 0 Å². The Balaban J connectivity index is 1.58. The van der Waals surface area contributed by atoms with Gasteiger partial charge < -0.3 is 29.6 Å². The van der Waals surface area contributed by atoms with E-state index in [9.17, 15) is 4.79 Å². The van der Waals surface area contributed by atoms with Gasteiger partial charge >= 0.3 is 0 Å². The van der Waals surface area contributed by atoms with Crippen LogP contribution in [0.3, 0.4) is 0 Å². The summed E-state index contributed by atoms with van der Waals surface area (Å²) < 4.78 is 5.32. The SMILES string of the molecule is COc1ccc2[nH]c(N3CCN(c4nccnc4NC(C)(C)C)CC3C=O)cc2c1. The van der Waals surface area contributed by atoms with Crippen molar-refractivity contribution in [3.8, 4) is 5.75 Å². The van der Waals surface area contributed by atoms with E-state index < -0.39 is 0 Å². The second-order valence-electron chi connectivity index (χ2n) is 8.55. The number of fused-ring (bicyclic) bond motifs is 1. The van der Waals surface area contributed by atoms with Crippen molar-refractivity contribution in [2.45, 2.75) is 32.4 Å². The number of aromatic nitrogens is 3. The van der Waals surface area contributed by atoms with Gasteiger partial charge in [0.1, 0.15) is 23.9 Å². The molecular weight excluding hydrogens is 380 g/mol. The molecular formula is C22H28N6O2. The Morgan fingerprint density at radius 1 is 1.20 bits per heavy atom. The number of benzene rings is 1. The second kappa shape index (κ2) is 7.85. The summed E-state index contributed by atoms with van der Waals surface area (Å²) in [7, 11) is 1.66. The number of aldehydes is 1. The molecule has 30 heavy (non-hydrogen) atoms. The van der Waals surface area contributed by atoms with Gasteiger partial charge in [-0.05, 0) is 45.0 Å². The number of ether oxygens (including phenoxy) is 1. The summed E-state index contributed by atoms with van der Waals surface area (Å²) in [6.45, 7) is 8.23. The van der Waals surface area contributed by atoms with Crippen LogP contribution in [0.1, 0.15) is 20.8 Å². The number of carbonyl (C=O) groups excluding carboxylic acids is 1. The summed E-state index contributed by atoms with van der Waals surface area (Å²) in [5.41, 5.74) is 0.880. The lowest BCUT2D eigenvalue weighted by Gasteiger charge is -2.40. The van der Waals surface area contributed by atoms with Crippen LogP contribution >= 0.6 is 0 Å². The number of methoxy groups -OCH3 is 1. The monoisotopic (exact) mass is 408 g/mol. The fourth-order valence-electron chi connectivity index (χ4n) is 3.80. The lowest BCUT2D eigenvalue weighted by Crippen LogP contribution is -2.54. The van der Waals surface area contributed by atoms with Crippen molar-refractivity contribution >= 4 is 34.6 Å². The normalized spacial score (nSPS) is 17.3. The molecule has 8 nitrogen and oxygen atoms in total. The number of aromatic amines is 1. The van der Waals surface area contributed by atoms with Crippen molar-refractivity contribution in [2.75, 3.05) is 41.9 Å². The van der Waals surface area contributed by atoms with Crippen LogP contribution < -0.4 is 19.9 Å². The molecule has 3 heterocycles. The number of piperazine rings is 1. The molecule has 2 N–H and O–H groups in total. The molecule has 0 bridgehead atoms. The van der Waals surface area contributed by atoms with Crippen LogP contribution in [0.4, 0.5) is 17.5 Å². The topological polar surface area (TPSA) is 86.4 Å². The highest BCUT2D eigenvalue weighted by molar-refractivity contribution is 5.86. The largest absolute Gasteiger partial charge is 0.497 e. The Bertz CT molecular complexity index is 1040. The number of H-pyrrole nitrogens is 1. The van der Waals surface area contributed by atoms with Crippen molar-refractivity contribution in [1.82, 2.24) is 15.0 Å². The third-order valence-corrected chi connectivity index (χ3v) is 5.17. The van der Waals surface area contributed by atoms with Gasteiger partial charge in [-0.1, -0.05) is 0 Å². The van der Waals surface area contributed by atoms with E-state index >= 15 is 0 Å². The van der Waals surface area contributed by atoms with E-state index in [-0.39, 0.29) is 11.6 Å². The van der Waals surface area contributed by atoms with Crippen LogP contribution in [0.5, 0.6) is 5.75 Å². The van der Waals surface area contributed by atoms with E-state index in [1.54, 1.807) is 19.5 Å². The highest BCUT2D eigenvalue weighted by Crippen LogP contribution is 2.30. The van der Waals surface area contributed by atoms with Crippen LogP contribution in [0, 0.1) is 0 Å². The molecule has 158 valence electrons. The molecule has 1 atom stereocenters. The van der Waals surface area contributed by atoms with Crippen molar-refractivity contribution in [3.63, 3.8) is 0 Å². The van der Waals surface area contributed by atoms with Crippen molar-refractivity contribution in [1.29, 1.82) is 0 Å². The molecule has 1 aliphatic heterocycles. The first-order valence-corrected chi connectivity index (χ1v) is 10.1. The Labute approximate surface area is 176 Å². The molecule has 1 saturated heterocycles. The number of hydrogen-bond donors (Lipinski definition) is 2. The second-order valence-corrected chi connectivity index (χ2v) is 8.55. The van der Waals surface area contributed by atoms with Gasteiger partial charge in [0.25, 0.3) is 0 Å². The van der Waals surface area contributed by atoms with Crippen LogP contribution in [-0.4, -0.2) is 59.6 Å². The summed E-state index contributed by atoms with van der Waals surface area (Å²) >= 11 is 0. The first-order chi connectivity index (χ1) is 14.4. The first-order valence-electron chi connectivity index (χ1n) is 10.1. The van der Waals surface area contributed by atoms with Gasteiger partial charge in [0, 0.05) is 48.5 Å². The number of nitrogens with zero attached hydrogens (tertiary/aromatic N) is 4. The lowest BCUT2D eigenvalue weighted by molar-refractivity contribution is -0.109. The van der Waals surface area contributed by atoms with E-state index in [1.165, 1.54) is 0 Å². The van der Waals surface area contributed by atoms with Crippen LogP contribution in [0.2, 0.25) is 0 Å². The zero-order chi connectivity index (χ0) is 21.3. The maximum atomic E-state index is 12.0. The lowest BCUT2D eigenvalue weighted by atomic mass is 10.1. The van der Waals surface area contributed by atoms with Crippen LogP contribution in [0.15, 0.2) is 36.7 Å². The minimum Gasteiger partial charge on any atom is -0.497 e. The molecule has 0 spiro atoms. The number of nitrogens with one attached hydrogen (secondary N) is 2. The van der Waals surface area contributed by atoms with E-state index in [1.807, 2.05) is 18.2 Å². The number of carbonyl (C=O) groups is 1. The van der Waals surface area contributed by atoms with Crippen molar-refractivity contribution in [2.24, 2.45) is 0 Å². The van der Waals surface area contributed by atoms with Gasteiger partial charge in [-0.15, -0.1) is 0 Å². The molecule has 3 aromatic rings. The van der Waals surface area contributed by atoms with E-state index in [4.69, 9.17) is 4.74 Å². The smallest absolute Gasteiger partial charge is 0.171 e. The molecule has 1 aliphatic rings. The van der Waals surface area contributed by atoms with E-state index in [0.717, 1.165) is 46.9 Å². The van der Waals surface area contributed by atoms with Gasteiger partial charge in [0.05, 0.1) is 7.11 Å². The minimum atomic E-state index is -0.293. The molecule has 0 aliphatic carbocycles. The Morgan fingerprint density at radius 2 is 2.00 bits per heavy atom. The highest BCUT2D eigenvalue weighted by atomic mass is 16.5. The van der Waals surface area contributed by atoms with E-state index in [2.05, 4.69) is 56.9 Å². The first kappa shape index (κ1) is 20.0. The molecule has 8 heteroatoms. The van der Waals surface area contributed by atoms with Gasteiger partial charge in [-0.3, -0.25) is 0 Å². The third-order valence-electron chi connectivity index (χ3n) is 5.17. The van der Waals surface area contributed by atoms with Gasteiger partial charge in [0.15, 0.2) is 11.6 Å². The van der Waals surface area contributed by atoms with Gasteiger partial charge in [-0.2, -0.15) is 0 Å². The summed E-state index contributed by atoms with van der Waals surface area (Å²) in [6, 6.07) is 7.69. The zero-order valence-corrected chi connectivity index (χ0v) is 17.8. The Kier molecular flexibility index (Phi) is 5.24. The van der Waals surface area contributed by atoms with Crippen molar-refractivity contribution < 1.29 is 9.53 Å². The molecule has 1 fully saturated rings. The summed E-state index contributed by atoms with van der Waals surface area (Å²) in [5, 5.41) is 4.47. The van der Waals surface area contributed by atoms with Crippen LogP contribution in [0.25, 0.3) is 10.9 Å². The average Bonchev–Trinajstić information content (AvgIpc) is 3.15. The minimum absolute atomic E-state index is 0.137. The molecule has 1 aromatic carbocycles. The number of anilines is 3. The maximum absolute atomic E-state index is 12.0. The van der Waals surface area contributed by atoms with E-state index in [0.29, 0.717) is 13.1 Å². The molecule has 2 aromatic heterocycles. The molecule has 0 radical (unpaired) electrons. The third kappa shape index (κ3) is 4.03. The fourth-order valence-corrected chi connectivity index (χ4v) is 3.80. The molecule has 1 unspecified atom stereocenters. The summed E-state index contributed by atoms with van der Waals surface area (Å²) in [6.07, 6.45) is 4.38. The molecule has 0 saturated carbocycles. The average molecular weight is 409 g/mol. The predicted molar refractivity (Wildman–Crippen MR) is 120 cm³/mol. The number of rotatable bonds is 5. The molecule has 0 amide bonds. The van der Waals surface area contributed by atoms with Crippen LogP contribution in [-0.2, 0) is 4.79 Å². The Morgan fingerprint density at radius 3 is 2.73 bits per heavy atom. The standard InChI is InChI=1S/C22H28N6O2/c1-22(2,3)26-20-21(24-8-7-23-20)27-9-10-28(16(13-27)14-29)19-12-15-11-17(30-4)5-6-18(15)25-19/h5-8,11-12,14,16,25H,9-10,13H2,1-4H3,(H,23,26). The number of hydrogen-bond acceptors (Lipinski definition) is 7. The maximum Gasteiger partial charge on any atom is 0.171 e. The summed E-state index contributed by atoms with van der Waals surface area (Å²) in [5.74, 6) is 3.26. The summed E-state index contributed by atoms with van der Waals surface area (Å²) in [4.78, 5) is 28.7. The Hall–Kier alpha value is -3.29.